The topological polar surface area (TPSA) is 55.8 Å². The molecule has 1 aromatic carbocycles. The summed E-state index contributed by atoms with van der Waals surface area (Å²) in [5.41, 5.74) is 0.00806. The molecular weight excluding hydrogens is 333 g/mol. The van der Waals surface area contributed by atoms with E-state index in [4.69, 9.17) is 9.84 Å². The Bertz CT molecular complexity index is 448. The maximum Gasteiger partial charge on any atom is 0.411 e. The smallest absolute Gasteiger partial charge is 0.411 e. The van der Waals surface area contributed by atoms with Crippen LogP contribution in [0.1, 0.15) is 10.4 Å². The van der Waals surface area contributed by atoms with Crippen LogP contribution in [0, 0.1) is 0 Å². The minimum Gasteiger partial charge on any atom is -0.491 e. The molecule has 0 aliphatic rings. The zero-order chi connectivity index (χ0) is 14.5. The number of hydrogen-bond acceptors (Lipinski definition) is 3. The Labute approximate surface area is 115 Å². The average Bonchev–Trinajstić information content (AvgIpc) is 2.29. The predicted molar refractivity (Wildman–Crippen MR) is 63.5 cm³/mol. The summed E-state index contributed by atoms with van der Waals surface area (Å²) >= 11 is 3.06. The minimum atomic E-state index is -4.37. The van der Waals surface area contributed by atoms with Crippen molar-refractivity contribution in [3.8, 4) is 5.75 Å². The Balaban J connectivity index is 2.42. The third-order valence-corrected chi connectivity index (χ3v) is 2.62. The fourth-order valence-corrected chi connectivity index (χ4v) is 1.58. The fourth-order valence-electron chi connectivity index (χ4n) is 1.16. The lowest BCUT2D eigenvalue weighted by molar-refractivity contribution is -0.175. The van der Waals surface area contributed by atoms with Crippen molar-refractivity contribution in [3.05, 3.63) is 28.2 Å². The van der Waals surface area contributed by atoms with Gasteiger partial charge in [0.15, 0.2) is 0 Å². The van der Waals surface area contributed by atoms with Gasteiger partial charge in [-0.25, -0.2) is 4.79 Å². The largest absolute Gasteiger partial charge is 0.491 e. The first kappa shape index (κ1) is 15.8. The van der Waals surface area contributed by atoms with E-state index in [1.165, 1.54) is 18.2 Å². The SMILES string of the molecule is O=C(O)c1cc(OCCOCC(F)(F)F)ccc1Br. The van der Waals surface area contributed by atoms with Gasteiger partial charge < -0.3 is 14.6 Å². The van der Waals surface area contributed by atoms with Crippen molar-refractivity contribution in [1.82, 2.24) is 0 Å². The van der Waals surface area contributed by atoms with Crippen molar-refractivity contribution >= 4 is 21.9 Å². The zero-order valence-electron chi connectivity index (χ0n) is 9.54. The molecule has 0 aliphatic heterocycles. The monoisotopic (exact) mass is 342 g/mol. The van der Waals surface area contributed by atoms with Gasteiger partial charge in [-0.2, -0.15) is 13.2 Å². The number of carbonyl (C=O) groups is 1. The summed E-state index contributed by atoms with van der Waals surface area (Å²) in [7, 11) is 0. The molecule has 8 heteroatoms. The number of aromatic carboxylic acids is 1. The first-order valence-electron chi connectivity index (χ1n) is 5.10. The molecule has 106 valence electrons. The molecule has 0 spiro atoms. The quantitative estimate of drug-likeness (QED) is 0.807. The van der Waals surface area contributed by atoms with Gasteiger partial charge in [0, 0.05) is 4.47 Å². The van der Waals surface area contributed by atoms with Crippen LogP contribution in [-0.2, 0) is 4.74 Å². The van der Waals surface area contributed by atoms with Crippen molar-refractivity contribution in [3.63, 3.8) is 0 Å². The van der Waals surface area contributed by atoms with E-state index in [2.05, 4.69) is 20.7 Å². The standard InChI is InChI=1S/C11H10BrF3O4/c12-9-2-1-7(5-8(9)10(16)17)19-4-3-18-6-11(13,14)15/h1-2,5H,3-4,6H2,(H,16,17). The summed E-state index contributed by atoms with van der Waals surface area (Å²) < 4.78 is 45.1. The molecule has 1 rings (SSSR count). The highest BCUT2D eigenvalue weighted by Crippen LogP contribution is 2.22. The number of carboxylic acid groups (broad SMARTS) is 1. The number of benzene rings is 1. The van der Waals surface area contributed by atoms with Gasteiger partial charge in [0.1, 0.15) is 19.0 Å². The molecule has 0 heterocycles. The summed E-state index contributed by atoms with van der Waals surface area (Å²) in [6.45, 7) is -1.67. The number of hydrogen-bond donors (Lipinski definition) is 1. The summed E-state index contributed by atoms with van der Waals surface area (Å²) in [5.74, 6) is -0.887. The van der Waals surface area contributed by atoms with Gasteiger partial charge in [-0.1, -0.05) is 0 Å². The Hall–Kier alpha value is -1.28. The molecule has 4 nitrogen and oxygen atoms in total. The second-order valence-electron chi connectivity index (χ2n) is 3.46. The number of halogens is 4. The maximum absolute atomic E-state index is 11.8. The van der Waals surface area contributed by atoms with Crippen molar-refractivity contribution in [2.45, 2.75) is 6.18 Å². The van der Waals surface area contributed by atoms with E-state index < -0.39 is 18.8 Å². The van der Waals surface area contributed by atoms with Crippen molar-refractivity contribution < 1.29 is 32.5 Å². The van der Waals surface area contributed by atoms with Gasteiger partial charge in [-0.15, -0.1) is 0 Å². The second kappa shape index (κ2) is 6.76. The van der Waals surface area contributed by atoms with E-state index in [1.54, 1.807) is 0 Å². The molecule has 0 aromatic heterocycles. The molecule has 0 radical (unpaired) electrons. The molecule has 0 unspecified atom stereocenters. The summed E-state index contributed by atoms with van der Waals surface area (Å²) in [4.78, 5) is 10.8. The maximum atomic E-state index is 11.8. The highest BCUT2D eigenvalue weighted by Gasteiger charge is 2.27. The molecule has 0 bridgehead atoms. The number of rotatable bonds is 6. The van der Waals surface area contributed by atoms with Gasteiger partial charge in [0.2, 0.25) is 0 Å². The molecule has 0 saturated carbocycles. The fraction of sp³-hybridized carbons (Fsp3) is 0.364. The summed E-state index contributed by atoms with van der Waals surface area (Å²) in [5, 5.41) is 8.85. The van der Waals surface area contributed by atoms with Crippen LogP contribution in [0.3, 0.4) is 0 Å². The van der Waals surface area contributed by atoms with E-state index in [0.29, 0.717) is 4.47 Å². The van der Waals surface area contributed by atoms with Crippen molar-refractivity contribution in [2.75, 3.05) is 19.8 Å². The van der Waals surface area contributed by atoms with Gasteiger partial charge in [0.25, 0.3) is 0 Å². The Morgan fingerprint density at radius 3 is 2.58 bits per heavy atom. The van der Waals surface area contributed by atoms with Gasteiger partial charge in [-0.05, 0) is 34.1 Å². The van der Waals surface area contributed by atoms with Gasteiger partial charge >= 0.3 is 12.1 Å². The lowest BCUT2D eigenvalue weighted by Gasteiger charge is -2.09. The highest BCUT2D eigenvalue weighted by atomic mass is 79.9. The third kappa shape index (κ3) is 5.93. The van der Waals surface area contributed by atoms with Crippen LogP contribution in [0.15, 0.2) is 22.7 Å². The molecule has 0 aliphatic carbocycles. The van der Waals surface area contributed by atoms with Crippen LogP contribution < -0.4 is 4.74 Å². The molecule has 0 saturated heterocycles. The number of ether oxygens (including phenoxy) is 2. The number of alkyl halides is 3. The van der Waals surface area contributed by atoms with Crippen LogP contribution in [-0.4, -0.2) is 37.1 Å². The van der Waals surface area contributed by atoms with Crippen LogP contribution >= 0.6 is 15.9 Å². The minimum absolute atomic E-state index is 0.00806. The Morgan fingerprint density at radius 2 is 2.00 bits per heavy atom. The summed E-state index contributed by atoms with van der Waals surface area (Å²) in [6.07, 6.45) is -4.37. The van der Waals surface area contributed by atoms with E-state index in [0.717, 1.165) is 0 Å². The lowest BCUT2D eigenvalue weighted by Crippen LogP contribution is -2.19. The molecule has 19 heavy (non-hydrogen) atoms. The van der Waals surface area contributed by atoms with Crippen molar-refractivity contribution in [1.29, 1.82) is 0 Å². The van der Waals surface area contributed by atoms with E-state index >= 15 is 0 Å². The predicted octanol–water partition coefficient (Wildman–Crippen LogP) is 3.11. The molecule has 0 fully saturated rings. The second-order valence-corrected chi connectivity index (χ2v) is 4.32. The van der Waals surface area contributed by atoms with Gasteiger partial charge in [0.05, 0.1) is 12.2 Å². The third-order valence-electron chi connectivity index (χ3n) is 1.93. The molecule has 0 amide bonds. The zero-order valence-corrected chi connectivity index (χ0v) is 11.1. The average molecular weight is 343 g/mol. The van der Waals surface area contributed by atoms with E-state index in [-0.39, 0.29) is 24.5 Å². The molecule has 1 N–H and O–H groups in total. The van der Waals surface area contributed by atoms with Crippen molar-refractivity contribution in [2.24, 2.45) is 0 Å². The lowest BCUT2D eigenvalue weighted by atomic mass is 10.2. The van der Waals surface area contributed by atoms with E-state index in [1.807, 2.05) is 0 Å². The van der Waals surface area contributed by atoms with Gasteiger partial charge in [-0.3, -0.25) is 0 Å². The normalized spacial score (nSPS) is 11.4. The first-order valence-corrected chi connectivity index (χ1v) is 5.89. The van der Waals surface area contributed by atoms with E-state index in [9.17, 15) is 18.0 Å². The molecule has 1 aromatic rings. The molecular formula is C11H10BrF3O4. The van der Waals surface area contributed by atoms with Crippen LogP contribution in [0.25, 0.3) is 0 Å². The van der Waals surface area contributed by atoms with Crippen LogP contribution in [0.5, 0.6) is 5.75 Å². The Morgan fingerprint density at radius 1 is 1.32 bits per heavy atom. The molecule has 0 atom stereocenters. The first-order chi connectivity index (χ1) is 8.79. The van der Waals surface area contributed by atoms with Crippen LogP contribution in [0.2, 0.25) is 0 Å². The van der Waals surface area contributed by atoms with Crippen LogP contribution in [0.4, 0.5) is 13.2 Å². The highest BCUT2D eigenvalue weighted by molar-refractivity contribution is 9.10. The Kier molecular flexibility index (Phi) is 5.61. The number of carboxylic acids is 1. The summed E-state index contributed by atoms with van der Waals surface area (Å²) in [6, 6.07) is 4.26.